The molecule has 0 saturated heterocycles. The largest absolute Gasteiger partial charge is 0.394 e. The molecule has 4 nitrogen and oxygen atoms in total. The molecule has 0 saturated carbocycles. The van der Waals surface area contributed by atoms with Crippen molar-refractivity contribution in [2.75, 3.05) is 11.9 Å². The van der Waals surface area contributed by atoms with E-state index in [0.29, 0.717) is 5.82 Å². The van der Waals surface area contributed by atoms with E-state index in [1.165, 1.54) is 0 Å². The Morgan fingerprint density at radius 2 is 2.31 bits per heavy atom. The maximum atomic E-state index is 9.00. The van der Waals surface area contributed by atoms with Crippen molar-refractivity contribution in [1.82, 2.24) is 9.97 Å². The Balaban J connectivity index is 2.50. The number of nitrogens with one attached hydrogen (secondary N) is 1. The molecule has 0 aliphatic heterocycles. The van der Waals surface area contributed by atoms with Crippen LogP contribution in [0.5, 0.6) is 0 Å². The summed E-state index contributed by atoms with van der Waals surface area (Å²) in [4.78, 5) is 8.56. The molecule has 0 aliphatic carbocycles. The lowest BCUT2D eigenvalue weighted by atomic mass is 10.2. The SMILES string of the molecule is CC(CO)Nc1ncc(Br)c2cccnc12. The van der Waals surface area contributed by atoms with Gasteiger partial charge in [0.15, 0.2) is 5.82 Å². The molecule has 84 valence electrons. The van der Waals surface area contributed by atoms with E-state index in [4.69, 9.17) is 5.11 Å². The topological polar surface area (TPSA) is 58.0 Å². The lowest BCUT2D eigenvalue weighted by Crippen LogP contribution is -2.20. The first-order chi connectivity index (χ1) is 7.72. The van der Waals surface area contributed by atoms with Crippen molar-refractivity contribution in [1.29, 1.82) is 0 Å². The van der Waals surface area contributed by atoms with E-state index in [1.54, 1.807) is 12.4 Å². The van der Waals surface area contributed by atoms with E-state index in [1.807, 2.05) is 19.1 Å². The number of fused-ring (bicyclic) bond motifs is 1. The van der Waals surface area contributed by atoms with Crippen LogP contribution in [0.25, 0.3) is 10.9 Å². The van der Waals surface area contributed by atoms with Crippen molar-refractivity contribution >= 4 is 32.7 Å². The van der Waals surface area contributed by atoms with Crippen LogP contribution in [0.1, 0.15) is 6.92 Å². The van der Waals surface area contributed by atoms with Gasteiger partial charge in [-0.2, -0.15) is 0 Å². The molecule has 2 aromatic rings. The number of rotatable bonds is 3. The lowest BCUT2D eigenvalue weighted by Gasteiger charge is -2.13. The second-order valence-electron chi connectivity index (χ2n) is 3.58. The Hall–Kier alpha value is -1.20. The molecule has 0 radical (unpaired) electrons. The number of aliphatic hydroxyl groups excluding tert-OH is 1. The zero-order chi connectivity index (χ0) is 11.5. The quantitative estimate of drug-likeness (QED) is 0.906. The van der Waals surface area contributed by atoms with Gasteiger partial charge in [-0.25, -0.2) is 4.98 Å². The molecule has 2 rings (SSSR count). The minimum Gasteiger partial charge on any atom is -0.394 e. The highest BCUT2D eigenvalue weighted by Crippen LogP contribution is 2.26. The zero-order valence-electron chi connectivity index (χ0n) is 8.81. The van der Waals surface area contributed by atoms with Gasteiger partial charge < -0.3 is 10.4 Å². The summed E-state index contributed by atoms with van der Waals surface area (Å²) in [7, 11) is 0. The molecule has 2 N–H and O–H groups in total. The van der Waals surface area contributed by atoms with E-state index in [2.05, 4.69) is 31.2 Å². The molecular formula is C11H12BrN3O. The summed E-state index contributed by atoms with van der Waals surface area (Å²) in [6, 6.07) is 3.81. The van der Waals surface area contributed by atoms with Crippen LogP contribution >= 0.6 is 15.9 Å². The zero-order valence-corrected chi connectivity index (χ0v) is 10.4. The molecule has 0 fully saturated rings. The summed E-state index contributed by atoms with van der Waals surface area (Å²) in [6.45, 7) is 1.95. The third-order valence-electron chi connectivity index (χ3n) is 2.25. The first kappa shape index (κ1) is 11.3. The van der Waals surface area contributed by atoms with Crippen LogP contribution in [0, 0.1) is 0 Å². The molecular weight excluding hydrogens is 270 g/mol. The Labute approximate surface area is 102 Å². The van der Waals surface area contributed by atoms with Gasteiger partial charge in [-0.1, -0.05) is 0 Å². The summed E-state index contributed by atoms with van der Waals surface area (Å²) < 4.78 is 0.915. The summed E-state index contributed by atoms with van der Waals surface area (Å²) in [5, 5.41) is 13.1. The van der Waals surface area contributed by atoms with Crippen molar-refractivity contribution in [3.63, 3.8) is 0 Å². The average Bonchev–Trinajstić information content (AvgIpc) is 2.33. The van der Waals surface area contributed by atoms with Gasteiger partial charge in [0.2, 0.25) is 0 Å². The van der Waals surface area contributed by atoms with Gasteiger partial charge in [0.1, 0.15) is 5.52 Å². The van der Waals surface area contributed by atoms with Crippen molar-refractivity contribution in [3.8, 4) is 0 Å². The van der Waals surface area contributed by atoms with Crippen molar-refractivity contribution in [2.45, 2.75) is 13.0 Å². The Morgan fingerprint density at radius 1 is 1.50 bits per heavy atom. The fraction of sp³-hybridized carbons (Fsp3) is 0.273. The van der Waals surface area contributed by atoms with Crippen LogP contribution in [0.3, 0.4) is 0 Å². The highest BCUT2D eigenvalue weighted by Gasteiger charge is 2.08. The third kappa shape index (κ3) is 2.15. The van der Waals surface area contributed by atoms with Gasteiger partial charge in [0.25, 0.3) is 0 Å². The first-order valence-electron chi connectivity index (χ1n) is 4.99. The summed E-state index contributed by atoms with van der Waals surface area (Å²) in [6.07, 6.45) is 3.46. The van der Waals surface area contributed by atoms with E-state index in [-0.39, 0.29) is 12.6 Å². The summed E-state index contributed by atoms with van der Waals surface area (Å²) >= 11 is 3.43. The van der Waals surface area contributed by atoms with Crippen LogP contribution in [0.2, 0.25) is 0 Å². The maximum Gasteiger partial charge on any atom is 0.152 e. The number of nitrogens with zero attached hydrogens (tertiary/aromatic N) is 2. The molecule has 1 atom stereocenters. The molecule has 0 aromatic carbocycles. The third-order valence-corrected chi connectivity index (χ3v) is 2.89. The normalized spacial score (nSPS) is 12.7. The number of hydrogen-bond donors (Lipinski definition) is 2. The van der Waals surface area contributed by atoms with Crippen LogP contribution in [0.4, 0.5) is 5.82 Å². The minimum atomic E-state index is -0.0427. The molecule has 0 spiro atoms. The second-order valence-corrected chi connectivity index (χ2v) is 4.44. The van der Waals surface area contributed by atoms with Crippen LogP contribution in [-0.2, 0) is 0 Å². The standard InChI is InChI=1S/C11H12BrN3O/c1-7(6-16)15-11-10-8(3-2-4-13-10)9(12)5-14-11/h2-5,7,16H,6H2,1H3,(H,14,15). The first-order valence-corrected chi connectivity index (χ1v) is 5.78. The monoisotopic (exact) mass is 281 g/mol. The minimum absolute atomic E-state index is 0.0427. The number of pyridine rings is 2. The van der Waals surface area contributed by atoms with E-state index >= 15 is 0 Å². The van der Waals surface area contributed by atoms with Crippen molar-refractivity contribution in [2.24, 2.45) is 0 Å². The Morgan fingerprint density at radius 3 is 3.06 bits per heavy atom. The molecule has 0 bridgehead atoms. The van der Waals surface area contributed by atoms with Crippen molar-refractivity contribution in [3.05, 3.63) is 29.0 Å². The predicted octanol–water partition coefficient (Wildman–Crippen LogP) is 2.18. The lowest BCUT2D eigenvalue weighted by molar-refractivity contribution is 0.281. The molecule has 1 unspecified atom stereocenters. The van der Waals surface area contributed by atoms with E-state index < -0.39 is 0 Å². The van der Waals surface area contributed by atoms with Crippen LogP contribution < -0.4 is 5.32 Å². The van der Waals surface area contributed by atoms with Gasteiger partial charge in [0.05, 0.1) is 6.61 Å². The fourth-order valence-electron chi connectivity index (χ4n) is 1.42. The number of anilines is 1. The maximum absolute atomic E-state index is 9.00. The molecule has 0 aliphatic rings. The number of aliphatic hydroxyl groups is 1. The second kappa shape index (κ2) is 4.76. The van der Waals surface area contributed by atoms with Crippen molar-refractivity contribution < 1.29 is 5.11 Å². The van der Waals surface area contributed by atoms with Crippen LogP contribution in [0.15, 0.2) is 29.0 Å². The fourth-order valence-corrected chi connectivity index (χ4v) is 1.85. The highest BCUT2D eigenvalue weighted by molar-refractivity contribution is 9.10. The van der Waals surface area contributed by atoms with Gasteiger partial charge in [0, 0.05) is 28.3 Å². The Kier molecular flexibility index (Phi) is 3.36. The number of halogens is 1. The van der Waals surface area contributed by atoms with Gasteiger partial charge in [-0.3, -0.25) is 4.98 Å². The predicted molar refractivity (Wildman–Crippen MR) is 67.4 cm³/mol. The number of aromatic nitrogens is 2. The number of hydrogen-bond acceptors (Lipinski definition) is 4. The van der Waals surface area contributed by atoms with Gasteiger partial charge in [-0.05, 0) is 35.0 Å². The molecule has 16 heavy (non-hydrogen) atoms. The average molecular weight is 282 g/mol. The highest BCUT2D eigenvalue weighted by atomic mass is 79.9. The summed E-state index contributed by atoms with van der Waals surface area (Å²) in [5.41, 5.74) is 0.803. The molecule has 2 heterocycles. The molecule has 2 aromatic heterocycles. The summed E-state index contributed by atoms with van der Waals surface area (Å²) in [5.74, 6) is 0.695. The van der Waals surface area contributed by atoms with E-state index in [9.17, 15) is 0 Å². The Bertz CT molecular complexity index is 504. The molecule has 0 amide bonds. The van der Waals surface area contributed by atoms with E-state index in [0.717, 1.165) is 15.4 Å². The smallest absolute Gasteiger partial charge is 0.152 e. The molecule has 5 heteroatoms. The van der Waals surface area contributed by atoms with Gasteiger partial charge in [-0.15, -0.1) is 0 Å². The van der Waals surface area contributed by atoms with Crippen LogP contribution in [-0.4, -0.2) is 27.7 Å². The van der Waals surface area contributed by atoms with Gasteiger partial charge >= 0.3 is 0 Å².